The number of amides is 2. The van der Waals surface area contributed by atoms with Crippen LogP contribution in [0.1, 0.15) is 42.7 Å². The zero-order valence-electron chi connectivity index (χ0n) is 17.5. The molecule has 1 unspecified atom stereocenters. The van der Waals surface area contributed by atoms with Crippen LogP contribution in [0.25, 0.3) is 0 Å². The van der Waals surface area contributed by atoms with Crippen LogP contribution in [0, 0.1) is 0 Å². The molecule has 2 aromatic carbocycles. The molecular weight excluding hydrogens is 388 g/mol. The van der Waals surface area contributed by atoms with E-state index in [1.54, 1.807) is 25.3 Å². The lowest BCUT2D eigenvalue weighted by atomic mass is 10.1. The molecule has 2 N–H and O–H groups in total. The minimum absolute atomic E-state index is 0.0234. The standard InChI is InChI=1S/C22H26N2O6/c1-13(2)30-18-8-5-15(9-19(18)27-4)14(3)24-21(25)11-23-22(26)16-6-7-17-20(10-16)29-12-28-17/h5-10,13-14H,11-12H2,1-4H3,(H,23,26)(H,24,25). The van der Waals surface area contributed by atoms with Crippen molar-refractivity contribution < 1.29 is 28.5 Å². The van der Waals surface area contributed by atoms with Crippen LogP contribution in [0.4, 0.5) is 0 Å². The molecule has 2 amide bonds. The Morgan fingerprint density at radius 1 is 1.03 bits per heavy atom. The molecule has 0 aliphatic carbocycles. The molecule has 30 heavy (non-hydrogen) atoms. The maximum Gasteiger partial charge on any atom is 0.251 e. The SMILES string of the molecule is COc1cc(C(C)NC(=O)CNC(=O)c2ccc3c(c2)OCO3)ccc1OC(C)C. The average molecular weight is 414 g/mol. The predicted molar refractivity (Wildman–Crippen MR) is 110 cm³/mol. The van der Waals surface area contributed by atoms with Gasteiger partial charge in [0, 0.05) is 5.56 Å². The van der Waals surface area contributed by atoms with Gasteiger partial charge in [-0.15, -0.1) is 0 Å². The Kier molecular flexibility index (Phi) is 6.66. The van der Waals surface area contributed by atoms with Crippen LogP contribution in [0.5, 0.6) is 23.0 Å². The quantitative estimate of drug-likeness (QED) is 0.690. The molecule has 0 saturated heterocycles. The van der Waals surface area contributed by atoms with Crippen molar-refractivity contribution in [2.24, 2.45) is 0 Å². The lowest BCUT2D eigenvalue weighted by molar-refractivity contribution is -0.120. The summed E-state index contributed by atoms with van der Waals surface area (Å²) in [6.07, 6.45) is 0.0234. The molecule has 0 radical (unpaired) electrons. The summed E-state index contributed by atoms with van der Waals surface area (Å²) in [7, 11) is 1.57. The highest BCUT2D eigenvalue weighted by Crippen LogP contribution is 2.32. The first kappa shape index (κ1) is 21.3. The smallest absolute Gasteiger partial charge is 0.251 e. The highest BCUT2D eigenvalue weighted by atomic mass is 16.7. The van der Waals surface area contributed by atoms with Crippen molar-refractivity contribution in [1.29, 1.82) is 0 Å². The molecule has 8 heteroatoms. The highest BCUT2D eigenvalue weighted by Gasteiger charge is 2.18. The van der Waals surface area contributed by atoms with Gasteiger partial charge in [0.05, 0.1) is 25.8 Å². The third kappa shape index (κ3) is 5.14. The molecule has 1 aliphatic rings. The van der Waals surface area contributed by atoms with Crippen molar-refractivity contribution >= 4 is 11.8 Å². The van der Waals surface area contributed by atoms with E-state index in [0.29, 0.717) is 28.6 Å². The molecule has 1 aliphatic heterocycles. The Balaban J connectivity index is 1.54. The number of nitrogens with one attached hydrogen (secondary N) is 2. The number of ether oxygens (including phenoxy) is 4. The van der Waals surface area contributed by atoms with E-state index in [1.807, 2.05) is 39.0 Å². The van der Waals surface area contributed by atoms with E-state index in [2.05, 4.69) is 10.6 Å². The molecule has 0 bridgehead atoms. The summed E-state index contributed by atoms with van der Waals surface area (Å²) in [6.45, 7) is 5.72. The van der Waals surface area contributed by atoms with Gasteiger partial charge in [0.2, 0.25) is 12.7 Å². The van der Waals surface area contributed by atoms with Gasteiger partial charge in [-0.25, -0.2) is 0 Å². The van der Waals surface area contributed by atoms with Crippen LogP contribution in [0.2, 0.25) is 0 Å². The summed E-state index contributed by atoms with van der Waals surface area (Å²) in [5.74, 6) is 1.67. The molecule has 0 aromatic heterocycles. The van der Waals surface area contributed by atoms with E-state index < -0.39 is 0 Å². The Hall–Kier alpha value is -3.42. The minimum atomic E-state index is -0.368. The fourth-order valence-electron chi connectivity index (χ4n) is 2.98. The van der Waals surface area contributed by atoms with E-state index in [0.717, 1.165) is 5.56 Å². The first-order valence-corrected chi connectivity index (χ1v) is 9.69. The van der Waals surface area contributed by atoms with Gasteiger partial charge in [0.25, 0.3) is 5.91 Å². The van der Waals surface area contributed by atoms with E-state index in [9.17, 15) is 9.59 Å². The molecule has 0 fully saturated rings. The second-order valence-corrected chi connectivity index (χ2v) is 7.12. The summed E-state index contributed by atoms with van der Waals surface area (Å²) >= 11 is 0. The van der Waals surface area contributed by atoms with Gasteiger partial charge in [-0.1, -0.05) is 6.07 Å². The van der Waals surface area contributed by atoms with Crippen molar-refractivity contribution in [2.45, 2.75) is 32.9 Å². The molecular formula is C22H26N2O6. The van der Waals surface area contributed by atoms with Crippen molar-refractivity contribution in [2.75, 3.05) is 20.4 Å². The Labute approximate surface area is 175 Å². The number of benzene rings is 2. The van der Waals surface area contributed by atoms with Gasteiger partial charge in [-0.3, -0.25) is 9.59 Å². The summed E-state index contributed by atoms with van der Waals surface area (Å²) in [4.78, 5) is 24.6. The van der Waals surface area contributed by atoms with Gasteiger partial charge in [-0.2, -0.15) is 0 Å². The lowest BCUT2D eigenvalue weighted by Crippen LogP contribution is -2.38. The maximum absolute atomic E-state index is 12.3. The van der Waals surface area contributed by atoms with Crippen LogP contribution < -0.4 is 29.6 Å². The molecule has 8 nitrogen and oxygen atoms in total. The Bertz CT molecular complexity index is 928. The zero-order chi connectivity index (χ0) is 21.7. The normalized spacial score (nSPS) is 13.0. The molecule has 1 heterocycles. The van der Waals surface area contributed by atoms with Gasteiger partial charge in [0.1, 0.15) is 0 Å². The van der Waals surface area contributed by atoms with Gasteiger partial charge in [0.15, 0.2) is 23.0 Å². The lowest BCUT2D eigenvalue weighted by Gasteiger charge is -2.18. The summed E-state index contributed by atoms with van der Waals surface area (Å²) in [6, 6.07) is 10.1. The number of fused-ring (bicyclic) bond motifs is 1. The van der Waals surface area contributed by atoms with Crippen LogP contribution in [-0.2, 0) is 4.79 Å². The van der Waals surface area contributed by atoms with E-state index in [-0.39, 0.29) is 37.3 Å². The Morgan fingerprint density at radius 2 is 1.80 bits per heavy atom. The number of hydrogen-bond acceptors (Lipinski definition) is 6. The second kappa shape index (κ2) is 9.39. The van der Waals surface area contributed by atoms with Crippen molar-refractivity contribution in [3.63, 3.8) is 0 Å². The minimum Gasteiger partial charge on any atom is -0.493 e. The summed E-state index contributed by atoms with van der Waals surface area (Å²) in [5, 5.41) is 5.47. The molecule has 2 aromatic rings. The number of carbonyl (C=O) groups is 2. The fraction of sp³-hybridized carbons (Fsp3) is 0.364. The third-order valence-electron chi connectivity index (χ3n) is 4.47. The topological polar surface area (TPSA) is 95.1 Å². The summed E-state index contributed by atoms with van der Waals surface area (Å²) in [5.41, 5.74) is 1.25. The molecule has 3 rings (SSSR count). The number of carbonyl (C=O) groups excluding carboxylic acids is 2. The molecule has 0 saturated carbocycles. The van der Waals surface area contributed by atoms with Gasteiger partial charge in [-0.05, 0) is 56.7 Å². The first-order valence-electron chi connectivity index (χ1n) is 9.69. The summed E-state index contributed by atoms with van der Waals surface area (Å²) < 4.78 is 21.6. The van der Waals surface area contributed by atoms with E-state index in [4.69, 9.17) is 18.9 Å². The predicted octanol–water partition coefficient (Wildman–Crippen LogP) is 2.82. The van der Waals surface area contributed by atoms with E-state index >= 15 is 0 Å². The Morgan fingerprint density at radius 3 is 2.53 bits per heavy atom. The van der Waals surface area contributed by atoms with Crippen LogP contribution >= 0.6 is 0 Å². The maximum atomic E-state index is 12.3. The monoisotopic (exact) mass is 414 g/mol. The van der Waals surface area contributed by atoms with Crippen LogP contribution in [0.3, 0.4) is 0 Å². The molecule has 0 spiro atoms. The van der Waals surface area contributed by atoms with Crippen molar-refractivity contribution in [3.8, 4) is 23.0 Å². The zero-order valence-corrected chi connectivity index (χ0v) is 17.5. The highest BCUT2D eigenvalue weighted by molar-refractivity contribution is 5.97. The van der Waals surface area contributed by atoms with E-state index in [1.165, 1.54) is 0 Å². The van der Waals surface area contributed by atoms with Crippen LogP contribution in [0.15, 0.2) is 36.4 Å². The van der Waals surface area contributed by atoms with Crippen LogP contribution in [-0.4, -0.2) is 38.4 Å². The first-order chi connectivity index (χ1) is 14.4. The largest absolute Gasteiger partial charge is 0.493 e. The number of hydrogen-bond donors (Lipinski definition) is 2. The molecule has 160 valence electrons. The second-order valence-electron chi connectivity index (χ2n) is 7.12. The average Bonchev–Trinajstić information content (AvgIpc) is 3.19. The van der Waals surface area contributed by atoms with Crippen molar-refractivity contribution in [3.05, 3.63) is 47.5 Å². The van der Waals surface area contributed by atoms with Gasteiger partial charge < -0.3 is 29.6 Å². The third-order valence-corrected chi connectivity index (χ3v) is 4.47. The number of rotatable bonds is 8. The van der Waals surface area contributed by atoms with Gasteiger partial charge >= 0.3 is 0 Å². The van der Waals surface area contributed by atoms with Crippen molar-refractivity contribution in [1.82, 2.24) is 10.6 Å². The number of methoxy groups -OCH3 is 1. The fourth-order valence-corrected chi connectivity index (χ4v) is 2.98. The molecule has 1 atom stereocenters.